The zero-order valence-electron chi connectivity index (χ0n) is 11.8. The Morgan fingerprint density at radius 3 is 2.95 bits per heavy atom. The number of nitrogens with two attached hydrogens (primary N) is 1. The minimum absolute atomic E-state index is 0.00111. The Kier molecular flexibility index (Phi) is 4.39. The van der Waals surface area contributed by atoms with E-state index in [1.165, 1.54) is 19.2 Å². The predicted octanol–water partition coefficient (Wildman–Crippen LogP) is 1.56. The van der Waals surface area contributed by atoms with Gasteiger partial charge in [-0.2, -0.15) is 4.98 Å². The normalized spacial score (nSPS) is 22.6. The van der Waals surface area contributed by atoms with Gasteiger partial charge in [0.1, 0.15) is 0 Å². The van der Waals surface area contributed by atoms with E-state index in [0.29, 0.717) is 24.2 Å². The highest BCUT2D eigenvalue weighted by Crippen LogP contribution is 2.33. The van der Waals surface area contributed by atoms with Gasteiger partial charge in [-0.3, -0.25) is 10.1 Å². The molecule has 0 amide bonds. The van der Waals surface area contributed by atoms with Crippen molar-refractivity contribution in [1.82, 2.24) is 4.98 Å². The molecule has 2 unspecified atom stereocenters. The van der Waals surface area contributed by atoms with Crippen molar-refractivity contribution in [3.05, 3.63) is 22.2 Å². The summed E-state index contributed by atoms with van der Waals surface area (Å²) in [6.07, 6.45) is 1.90. The van der Waals surface area contributed by atoms with Crippen LogP contribution in [0, 0.1) is 16.0 Å². The van der Waals surface area contributed by atoms with Crippen LogP contribution in [-0.4, -0.2) is 36.1 Å². The van der Waals surface area contributed by atoms with Crippen LogP contribution in [-0.2, 0) is 0 Å². The van der Waals surface area contributed by atoms with Crippen LogP contribution < -0.4 is 15.4 Å². The van der Waals surface area contributed by atoms with Crippen LogP contribution in [0.2, 0.25) is 0 Å². The van der Waals surface area contributed by atoms with E-state index in [4.69, 9.17) is 10.5 Å². The summed E-state index contributed by atoms with van der Waals surface area (Å²) in [5, 5.41) is 11.2. The van der Waals surface area contributed by atoms with Crippen molar-refractivity contribution in [3.63, 3.8) is 0 Å². The summed E-state index contributed by atoms with van der Waals surface area (Å²) in [5.41, 5.74) is 5.82. The van der Waals surface area contributed by atoms with Gasteiger partial charge in [0.25, 0.3) is 0 Å². The third-order valence-electron chi connectivity index (χ3n) is 3.76. The largest absolute Gasteiger partial charge is 0.481 e. The van der Waals surface area contributed by atoms with E-state index in [9.17, 15) is 10.1 Å². The van der Waals surface area contributed by atoms with E-state index in [1.54, 1.807) is 0 Å². The lowest BCUT2D eigenvalue weighted by molar-refractivity contribution is -0.384. The molecule has 1 fully saturated rings. The summed E-state index contributed by atoms with van der Waals surface area (Å²) in [5.74, 6) is 1.31. The second-order valence-electron chi connectivity index (χ2n) is 5.17. The SMILES string of the molecule is COc1ccc([N+](=O)[O-])c(N2CCC(C)CC2CN)n1. The number of methoxy groups -OCH3 is 1. The number of nitrogens with zero attached hydrogens (tertiary/aromatic N) is 3. The van der Waals surface area contributed by atoms with Crippen LogP contribution in [0.1, 0.15) is 19.8 Å². The van der Waals surface area contributed by atoms with E-state index in [2.05, 4.69) is 11.9 Å². The topological polar surface area (TPSA) is 94.5 Å². The van der Waals surface area contributed by atoms with Gasteiger partial charge in [0.2, 0.25) is 11.7 Å². The number of piperidine rings is 1. The first-order chi connectivity index (χ1) is 9.56. The molecule has 0 radical (unpaired) electrons. The number of anilines is 1. The molecule has 2 heterocycles. The third kappa shape index (κ3) is 2.82. The Morgan fingerprint density at radius 2 is 2.35 bits per heavy atom. The maximum Gasteiger partial charge on any atom is 0.311 e. The van der Waals surface area contributed by atoms with Crippen LogP contribution in [0.4, 0.5) is 11.5 Å². The van der Waals surface area contributed by atoms with Crippen molar-refractivity contribution >= 4 is 11.5 Å². The molecule has 2 N–H and O–H groups in total. The minimum atomic E-state index is -0.409. The lowest BCUT2D eigenvalue weighted by atomic mass is 9.92. The lowest BCUT2D eigenvalue weighted by Gasteiger charge is -2.38. The Balaban J connectivity index is 2.40. The van der Waals surface area contributed by atoms with Crippen molar-refractivity contribution < 1.29 is 9.66 Å². The zero-order chi connectivity index (χ0) is 14.7. The predicted molar refractivity (Wildman–Crippen MR) is 76.0 cm³/mol. The summed E-state index contributed by atoms with van der Waals surface area (Å²) >= 11 is 0. The number of pyridine rings is 1. The van der Waals surface area contributed by atoms with E-state index in [0.717, 1.165) is 19.4 Å². The minimum Gasteiger partial charge on any atom is -0.481 e. The summed E-state index contributed by atoms with van der Waals surface area (Å²) in [6, 6.07) is 3.02. The van der Waals surface area contributed by atoms with Gasteiger partial charge in [0, 0.05) is 31.3 Å². The standard InChI is InChI=1S/C13H20N4O3/c1-9-5-6-16(10(7-9)8-14)13-11(17(18)19)3-4-12(15-13)20-2/h3-4,9-10H,5-8,14H2,1-2H3. The van der Waals surface area contributed by atoms with Gasteiger partial charge >= 0.3 is 5.69 Å². The fourth-order valence-corrected chi connectivity index (χ4v) is 2.65. The van der Waals surface area contributed by atoms with Crippen LogP contribution in [0.25, 0.3) is 0 Å². The third-order valence-corrected chi connectivity index (χ3v) is 3.76. The lowest BCUT2D eigenvalue weighted by Crippen LogP contribution is -2.47. The van der Waals surface area contributed by atoms with Crippen molar-refractivity contribution in [2.24, 2.45) is 11.7 Å². The quantitative estimate of drug-likeness (QED) is 0.664. The highest BCUT2D eigenvalue weighted by molar-refractivity contribution is 5.60. The van der Waals surface area contributed by atoms with E-state index < -0.39 is 4.92 Å². The smallest absolute Gasteiger partial charge is 0.311 e. The Labute approximate surface area is 117 Å². The number of hydrogen-bond acceptors (Lipinski definition) is 6. The molecule has 0 bridgehead atoms. The molecule has 0 aromatic carbocycles. The van der Waals surface area contributed by atoms with Crippen molar-refractivity contribution in [2.75, 3.05) is 25.1 Å². The molecule has 1 aromatic heterocycles. The van der Waals surface area contributed by atoms with Gasteiger partial charge in [-0.25, -0.2) is 0 Å². The molecule has 7 heteroatoms. The molecule has 0 aliphatic carbocycles. The fourth-order valence-electron chi connectivity index (χ4n) is 2.65. The fraction of sp³-hybridized carbons (Fsp3) is 0.615. The molecule has 1 aromatic rings. The first kappa shape index (κ1) is 14.5. The number of rotatable bonds is 4. The highest BCUT2D eigenvalue weighted by atomic mass is 16.6. The highest BCUT2D eigenvalue weighted by Gasteiger charge is 2.31. The molecule has 1 saturated heterocycles. The maximum atomic E-state index is 11.2. The molecule has 1 aliphatic heterocycles. The van der Waals surface area contributed by atoms with E-state index in [-0.39, 0.29) is 11.7 Å². The Morgan fingerprint density at radius 1 is 1.60 bits per heavy atom. The van der Waals surface area contributed by atoms with Gasteiger partial charge in [0.05, 0.1) is 12.0 Å². The molecular weight excluding hydrogens is 260 g/mol. The molecule has 0 saturated carbocycles. The van der Waals surface area contributed by atoms with Crippen LogP contribution in [0.3, 0.4) is 0 Å². The summed E-state index contributed by atoms with van der Waals surface area (Å²) in [4.78, 5) is 17.0. The maximum absolute atomic E-state index is 11.2. The van der Waals surface area contributed by atoms with E-state index >= 15 is 0 Å². The molecule has 7 nitrogen and oxygen atoms in total. The molecule has 1 aliphatic rings. The molecule has 110 valence electrons. The van der Waals surface area contributed by atoms with Gasteiger partial charge in [-0.05, 0) is 18.8 Å². The van der Waals surface area contributed by atoms with Crippen molar-refractivity contribution in [3.8, 4) is 5.88 Å². The monoisotopic (exact) mass is 280 g/mol. The number of ether oxygens (including phenoxy) is 1. The van der Waals surface area contributed by atoms with Crippen molar-refractivity contribution in [1.29, 1.82) is 0 Å². The second-order valence-corrected chi connectivity index (χ2v) is 5.17. The summed E-state index contributed by atoms with van der Waals surface area (Å²) < 4.78 is 5.08. The Hall–Kier alpha value is -1.89. The first-order valence-electron chi connectivity index (χ1n) is 6.73. The number of nitro groups is 1. The number of hydrogen-bond donors (Lipinski definition) is 1. The van der Waals surface area contributed by atoms with Gasteiger partial charge < -0.3 is 15.4 Å². The second kappa shape index (κ2) is 6.04. The summed E-state index contributed by atoms with van der Waals surface area (Å²) in [7, 11) is 1.50. The molecule has 2 rings (SSSR count). The van der Waals surface area contributed by atoms with Crippen molar-refractivity contribution in [2.45, 2.75) is 25.8 Å². The summed E-state index contributed by atoms with van der Waals surface area (Å²) in [6.45, 7) is 3.36. The first-order valence-corrected chi connectivity index (χ1v) is 6.73. The van der Waals surface area contributed by atoms with Gasteiger partial charge in [-0.15, -0.1) is 0 Å². The van der Waals surface area contributed by atoms with Crippen LogP contribution in [0.15, 0.2) is 12.1 Å². The average Bonchev–Trinajstić information content (AvgIpc) is 2.46. The number of aromatic nitrogens is 1. The van der Waals surface area contributed by atoms with Crippen LogP contribution in [0.5, 0.6) is 5.88 Å². The van der Waals surface area contributed by atoms with Gasteiger partial charge in [0.15, 0.2) is 0 Å². The molecular formula is C13H20N4O3. The Bertz CT molecular complexity index is 495. The van der Waals surface area contributed by atoms with Gasteiger partial charge in [-0.1, -0.05) is 6.92 Å². The van der Waals surface area contributed by atoms with E-state index in [1.807, 2.05) is 4.90 Å². The molecule has 2 atom stereocenters. The average molecular weight is 280 g/mol. The zero-order valence-corrected chi connectivity index (χ0v) is 11.8. The molecule has 20 heavy (non-hydrogen) atoms. The van der Waals surface area contributed by atoms with Crippen LogP contribution >= 0.6 is 0 Å². The molecule has 0 spiro atoms.